The summed E-state index contributed by atoms with van der Waals surface area (Å²) in [6, 6.07) is 11.8. The van der Waals surface area contributed by atoms with Gasteiger partial charge in [-0.2, -0.15) is 14.6 Å². The van der Waals surface area contributed by atoms with Crippen molar-refractivity contribution in [1.82, 2.24) is 19.6 Å². The van der Waals surface area contributed by atoms with Gasteiger partial charge in [0.05, 0.1) is 11.1 Å². The van der Waals surface area contributed by atoms with E-state index in [1.807, 2.05) is 36.4 Å². The van der Waals surface area contributed by atoms with E-state index in [-0.39, 0.29) is 5.91 Å². The SMILES string of the molecule is NC(=O)C1(CNc2cc(-c3ccccc3)nc3ncnn23)CCOCC1. The molecule has 0 bridgehead atoms. The number of aromatic nitrogens is 4. The first-order chi connectivity index (χ1) is 12.7. The van der Waals surface area contributed by atoms with Crippen molar-refractivity contribution < 1.29 is 9.53 Å². The van der Waals surface area contributed by atoms with Gasteiger partial charge in [0.2, 0.25) is 5.91 Å². The van der Waals surface area contributed by atoms with Crippen molar-refractivity contribution in [2.24, 2.45) is 11.1 Å². The number of benzene rings is 1. The second kappa shape index (κ2) is 6.72. The summed E-state index contributed by atoms with van der Waals surface area (Å²) in [6.07, 6.45) is 2.67. The monoisotopic (exact) mass is 352 g/mol. The molecule has 0 saturated carbocycles. The second-order valence-electron chi connectivity index (χ2n) is 6.47. The molecule has 0 aliphatic carbocycles. The Kier molecular flexibility index (Phi) is 4.26. The van der Waals surface area contributed by atoms with Crippen LogP contribution >= 0.6 is 0 Å². The number of primary amides is 1. The Morgan fingerprint density at radius 3 is 2.77 bits per heavy atom. The van der Waals surface area contributed by atoms with E-state index in [1.165, 1.54) is 6.33 Å². The number of anilines is 1. The van der Waals surface area contributed by atoms with Crippen LogP contribution in [0.2, 0.25) is 0 Å². The average Bonchev–Trinajstić information content (AvgIpc) is 3.16. The summed E-state index contributed by atoms with van der Waals surface area (Å²) in [6.45, 7) is 1.49. The molecule has 0 atom stereocenters. The van der Waals surface area contributed by atoms with Crippen molar-refractivity contribution in [2.75, 3.05) is 25.1 Å². The first-order valence-electron chi connectivity index (χ1n) is 8.56. The van der Waals surface area contributed by atoms with Gasteiger partial charge in [0.15, 0.2) is 0 Å². The van der Waals surface area contributed by atoms with Crippen LogP contribution in [0.25, 0.3) is 17.0 Å². The number of nitrogens with zero attached hydrogens (tertiary/aromatic N) is 4. The first kappa shape index (κ1) is 16.5. The van der Waals surface area contributed by atoms with Crippen LogP contribution in [0.3, 0.4) is 0 Å². The zero-order valence-corrected chi connectivity index (χ0v) is 14.3. The zero-order valence-electron chi connectivity index (χ0n) is 14.3. The molecule has 1 saturated heterocycles. The molecule has 3 heterocycles. The second-order valence-corrected chi connectivity index (χ2v) is 6.47. The van der Waals surface area contributed by atoms with Crippen LogP contribution in [0.1, 0.15) is 12.8 Å². The first-order valence-corrected chi connectivity index (χ1v) is 8.56. The normalized spacial score (nSPS) is 16.5. The molecule has 26 heavy (non-hydrogen) atoms. The molecule has 0 spiro atoms. The number of hydrogen-bond donors (Lipinski definition) is 2. The van der Waals surface area contributed by atoms with Crippen molar-refractivity contribution >= 4 is 17.5 Å². The maximum atomic E-state index is 12.1. The summed E-state index contributed by atoms with van der Waals surface area (Å²) < 4.78 is 7.01. The average molecular weight is 352 g/mol. The lowest BCUT2D eigenvalue weighted by atomic mass is 9.79. The van der Waals surface area contributed by atoms with Crippen LogP contribution in [0.5, 0.6) is 0 Å². The third-order valence-corrected chi connectivity index (χ3v) is 4.90. The maximum Gasteiger partial charge on any atom is 0.254 e. The van der Waals surface area contributed by atoms with Crippen molar-refractivity contribution in [3.8, 4) is 11.3 Å². The maximum absolute atomic E-state index is 12.1. The number of nitrogens with one attached hydrogen (secondary N) is 1. The topological polar surface area (TPSA) is 107 Å². The summed E-state index contributed by atoms with van der Waals surface area (Å²) in [5, 5.41) is 7.56. The lowest BCUT2D eigenvalue weighted by Crippen LogP contribution is -2.46. The van der Waals surface area contributed by atoms with E-state index < -0.39 is 5.41 Å². The number of carbonyl (C=O) groups excluding carboxylic acids is 1. The highest BCUT2D eigenvalue weighted by Gasteiger charge is 2.38. The van der Waals surface area contributed by atoms with Gasteiger partial charge in [-0.25, -0.2) is 4.98 Å². The van der Waals surface area contributed by atoms with Gasteiger partial charge < -0.3 is 15.8 Å². The van der Waals surface area contributed by atoms with Crippen LogP contribution in [0.15, 0.2) is 42.7 Å². The zero-order chi connectivity index (χ0) is 18.0. The molecule has 3 aromatic rings. The summed E-state index contributed by atoms with van der Waals surface area (Å²) in [7, 11) is 0. The smallest absolute Gasteiger partial charge is 0.254 e. The van der Waals surface area contributed by atoms with Crippen LogP contribution in [-0.2, 0) is 9.53 Å². The molecule has 0 unspecified atom stereocenters. The number of rotatable bonds is 5. The largest absolute Gasteiger partial charge is 0.381 e. The predicted octanol–water partition coefficient (Wildman–Crippen LogP) is 1.49. The highest BCUT2D eigenvalue weighted by molar-refractivity contribution is 5.81. The van der Waals surface area contributed by atoms with Crippen LogP contribution < -0.4 is 11.1 Å². The summed E-state index contributed by atoms with van der Waals surface area (Å²) in [4.78, 5) is 20.8. The number of amides is 1. The number of nitrogens with two attached hydrogens (primary N) is 1. The van der Waals surface area contributed by atoms with E-state index >= 15 is 0 Å². The predicted molar refractivity (Wildman–Crippen MR) is 96.4 cm³/mol. The Morgan fingerprint density at radius 1 is 1.27 bits per heavy atom. The van der Waals surface area contributed by atoms with E-state index in [4.69, 9.17) is 10.5 Å². The van der Waals surface area contributed by atoms with Crippen molar-refractivity contribution in [1.29, 1.82) is 0 Å². The van der Waals surface area contributed by atoms with Crippen LogP contribution in [0.4, 0.5) is 5.82 Å². The lowest BCUT2D eigenvalue weighted by molar-refractivity contribution is -0.132. The van der Waals surface area contributed by atoms with Crippen molar-refractivity contribution in [3.63, 3.8) is 0 Å². The fraction of sp³-hybridized carbons (Fsp3) is 0.333. The van der Waals surface area contributed by atoms with Crippen LogP contribution in [0, 0.1) is 5.41 Å². The molecule has 8 heteroatoms. The van der Waals surface area contributed by atoms with E-state index in [2.05, 4.69) is 20.4 Å². The van der Waals surface area contributed by atoms with Gasteiger partial charge in [0, 0.05) is 31.4 Å². The molecule has 3 N–H and O–H groups in total. The van der Waals surface area contributed by atoms with Crippen molar-refractivity contribution in [3.05, 3.63) is 42.7 Å². The Bertz CT molecular complexity index is 918. The molecule has 134 valence electrons. The Hall–Kier alpha value is -3.00. The van der Waals surface area contributed by atoms with E-state index in [0.29, 0.717) is 38.4 Å². The lowest BCUT2D eigenvalue weighted by Gasteiger charge is -2.34. The van der Waals surface area contributed by atoms with E-state index in [9.17, 15) is 4.79 Å². The molecular weight excluding hydrogens is 332 g/mol. The third kappa shape index (κ3) is 2.99. The molecule has 1 aromatic carbocycles. The van der Waals surface area contributed by atoms with Gasteiger partial charge >= 0.3 is 0 Å². The molecule has 1 aliphatic rings. The molecule has 8 nitrogen and oxygen atoms in total. The number of ether oxygens (including phenoxy) is 1. The molecule has 4 rings (SSSR count). The minimum atomic E-state index is -0.624. The van der Waals surface area contributed by atoms with Gasteiger partial charge in [-0.3, -0.25) is 4.79 Å². The Labute approximate surface area is 150 Å². The van der Waals surface area contributed by atoms with Gasteiger partial charge in [-0.15, -0.1) is 0 Å². The molecule has 0 radical (unpaired) electrons. The van der Waals surface area contributed by atoms with Gasteiger partial charge in [0.1, 0.15) is 12.1 Å². The Morgan fingerprint density at radius 2 is 2.04 bits per heavy atom. The summed E-state index contributed by atoms with van der Waals surface area (Å²) >= 11 is 0. The standard InChI is InChI=1S/C18H20N6O2/c19-16(25)18(6-8-26-9-7-18)11-20-15-10-14(13-4-2-1-3-5-13)23-17-21-12-22-24(15)17/h1-5,10,12,20H,6-9,11H2,(H2,19,25). The molecule has 1 amide bonds. The van der Waals surface area contributed by atoms with Gasteiger partial charge in [-0.05, 0) is 12.8 Å². The highest BCUT2D eigenvalue weighted by atomic mass is 16.5. The molecule has 2 aromatic heterocycles. The van der Waals surface area contributed by atoms with E-state index in [1.54, 1.807) is 4.52 Å². The quantitative estimate of drug-likeness (QED) is 0.720. The molecule has 1 fully saturated rings. The fourth-order valence-electron chi connectivity index (χ4n) is 3.23. The summed E-state index contributed by atoms with van der Waals surface area (Å²) in [5.41, 5.74) is 6.84. The molecular formula is C18H20N6O2. The fourth-order valence-corrected chi connectivity index (χ4v) is 3.23. The number of hydrogen-bond acceptors (Lipinski definition) is 6. The molecule has 1 aliphatic heterocycles. The number of fused-ring (bicyclic) bond motifs is 1. The number of carbonyl (C=O) groups is 1. The van der Waals surface area contributed by atoms with E-state index in [0.717, 1.165) is 17.1 Å². The minimum absolute atomic E-state index is 0.305. The van der Waals surface area contributed by atoms with Gasteiger partial charge in [-0.1, -0.05) is 30.3 Å². The Balaban J connectivity index is 1.67. The van der Waals surface area contributed by atoms with Crippen LogP contribution in [-0.4, -0.2) is 45.2 Å². The third-order valence-electron chi connectivity index (χ3n) is 4.90. The minimum Gasteiger partial charge on any atom is -0.381 e. The summed E-state index contributed by atoms with van der Waals surface area (Å²) in [5.74, 6) is 0.910. The highest BCUT2D eigenvalue weighted by Crippen LogP contribution is 2.31. The van der Waals surface area contributed by atoms with Gasteiger partial charge in [0.25, 0.3) is 5.78 Å². The van der Waals surface area contributed by atoms with Crippen molar-refractivity contribution in [2.45, 2.75) is 12.8 Å².